The van der Waals surface area contributed by atoms with Crippen LogP contribution < -0.4 is 10.1 Å². The molecule has 0 aliphatic carbocycles. The van der Waals surface area contributed by atoms with Gasteiger partial charge in [-0.2, -0.15) is 0 Å². The molecule has 19 heavy (non-hydrogen) atoms. The Bertz CT molecular complexity index is 572. The number of hydrogen-bond acceptors (Lipinski definition) is 3. The molecule has 1 heterocycles. The molecule has 2 aromatic rings. The first kappa shape index (κ1) is 14.0. The molecule has 0 aliphatic rings. The highest BCUT2D eigenvalue weighted by atomic mass is 79.9. The number of aryl methyl sites for hydroxylation is 1. The fourth-order valence-electron chi connectivity index (χ4n) is 2.12. The zero-order chi connectivity index (χ0) is 13.8. The van der Waals surface area contributed by atoms with E-state index in [0.717, 1.165) is 21.5 Å². The zero-order valence-electron chi connectivity index (χ0n) is 11.3. The summed E-state index contributed by atoms with van der Waals surface area (Å²) in [5, 5.41) is 3.30. The van der Waals surface area contributed by atoms with Crippen molar-refractivity contribution in [3.63, 3.8) is 0 Å². The summed E-state index contributed by atoms with van der Waals surface area (Å²) in [6.07, 6.45) is 1.78. The maximum Gasteiger partial charge on any atom is 0.142 e. The van der Waals surface area contributed by atoms with Gasteiger partial charge in [0.2, 0.25) is 0 Å². The normalized spacial score (nSPS) is 12.2. The number of rotatable bonds is 4. The molecule has 0 spiro atoms. The van der Waals surface area contributed by atoms with Gasteiger partial charge in [0.1, 0.15) is 11.4 Å². The molecule has 0 saturated carbocycles. The van der Waals surface area contributed by atoms with Crippen LogP contribution in [0.25, 0.3) is 0 Å². The predicted octanol–water partition coefficient (Wildman–Crippen LogP) is 3.47. The van der Waals surface area contributed by atoms with Gasteiger partial charge in [0.05, 0.1) is 13.2 Å². The van der Waals surface area contributed by atoms with Gasteiger partial charge in [-0.3, -0.25) is 4.98 Å². The number of halogens is 1. The Hall–Kier alpha value is -1.39. The van der Waals surface area contributed by atoms with Gasteiger partial charge in [-0.25, -0.2) is 0 Å². The first-order chi connectivity index (χ1) is 9.17. The number of benzene rings is 1. The van der Waals surface area contributed by atoms with Crippen molar-refractivity contribution in [1.82, 2.24) is 10.3 Å². The van der Waals surface area contributed by atoms with Crippen LogP contribution in [-0.4, -0.2) is 19.1 Å². The average molecular weight is 321 g/mol. The highest BCUT2D eigenvalue weighted by Crippen LogP contribution is 2.32. The number of nitrogens with one attached hydrogen (secondary N) is 1. The molecule has 2 rings (SSSR count). The molecule has 0 radical (unpaired) electrons. The van der Waals surface area contributed by atoms with Crippen LogP contribution in [0.1, 0.15) is 22.9 Å². The second-order valence-electron chi connectivity index (χ2n) is 4.34. The number of ether oxygens (including phenoxy) is 1. The highest BCUT2D eigenvalue weighted by Gasteiger charge is 2.20. The zero-order valence-corrected chi connectivity index (χ0v) is 12.9. The van der Waals surface area contributed by atoms with Crippen molar-refractivity contribution >= 4 is 15.9 Å². The molecule has 100 valence electrons. The van der Waals surface area contributed by atoms with E-state index < -0.39 is 0 Å². The van der Waals surface area contributed by atoms with E-state index in [1.807, 2.05) is 19.2 Å². The van der Waals surface area contributed by atoms with Crippen molar-refractivity contribution in [3.05, 3.63) is 57.8 Å². The third kappa shape index (κ3) is 2.96. The fraction of sp³-hybridized carbons (Fsp3) is 0.267. The van der Waals surface area contributed by atoms with Crippen LogP contribution in [0.15, 0.2) is 41.0 Å². The van der Waals surface area contributed by atoms with Crippen molar-refractivity contribution in [3.8, 4) is 5.75 Å². The van der Waals surface area contributed by atoms with Crippen molar-refractivity contribution in [2.75, 3.05) is 14.2 Å². The monoisotopic (exact) mass is 320 g/mol. The van der Waals surface area contributed by atoms with Gasteiger partial charge in [-0.1, -0.05) is 33.6 Å². The highest BCUT2D eigenvalue weighted by molar-refractivity contribution is 9.10. The summed E-state index contributed by atoms with van der Waals surface area (Å²) in [6.45, 7) is 2.08. The Balaban J connectivity index is 2.53. The molecule has 1 atom stereocenters. The summed E-state index contributed by atoms with van der Waals surface area (Å²) in [6, 6.07) is 10.1. The van der Waals surface area contributed by atoms with Crippen LogP contribution >= 0.6 is 15.9 Å². The standard InChI is InChI=1S/C15H17BrN2O/c1-10-6-7-12(16)11(9-10)14(17-2)15-13(19-3)5-4-8-18-15/h4-9,14,17H,1-3H3. The van der Waals surface area contributed by atoms with Gasteiger partial charge in [0.25, 0.3) is 0 Å². The number of hydrogen-bond donors (Lipinski definition) is 1. The molecular formula is C15H17BrN2O. The predicted molar refractivity (Wildman–Crippen MR) is 80.6 cm³/mol. The van der Waals surface area contributed by atoms with Crippen molar-refractivity contribution < 1.29 is 4.74 Å². The van der Waals surface area contributed by atoms with E-state index in [9.17, 15) is 0 Å². The molecule has 4 heteroatoms. The second kappa shape index (κ2) is 6.17. The van der Waals surface area contributed by atoms with Crippen LogP contribution in [0, 0.1) is 6.92 Å². The largest absolute Gasteiger partial charge is 0.495 e. The second-order valence-corrected chi connectivity index (χ2v) is 5.19. The summed E-state index contributed by atoms with van der Waals surface area (Å²) >= 11 is 3.61. The summed E-state index contributed by atoms with van der Waals surface area (Å²) in [7, 11) is 3.59. The Kier molecular flexibility index (Phi) is 4.56. The quantitative estimate of drug-likeness (QED) is 0.936. The maximum absolute atomic E-state index is 5.40. The van der Waals surface area contributed by atoms with Crippen LogP contribution in [0.5, 0.6) is 5.75 Å². The van der Waals surface area contributed by atoms with E-state index in [-0.39, 0.29) is 6.04 Å². The minimum absolute atomic E-state index is 0.00887. The molecule has 0 bridgehead atoms. The molecule has 1 aromatic heterocycles. The molecule has 0 saturated heterocycles. The van der Waals surface area contributed by atoms with Crippen LogP contribution in [0.3, 0.4) is 0 Å². The van der Waals surface area contributed by atoms with Crippen molar-refractivity contribution in [1.29, 1.82) is 0 Å². The van der Waals surface area contributed by atoms with E-state index in [0.29, 0.717) is 0 Å². The third-order valence-electron chi connectivity index (χ3n) is 3.04. The lowest BCUT2D eigenvalue weighted by atomic mass is 10.0. The van der Waals surface area contributed by atoms with Gasteiger partial charge < -0.3 is 10.1 Å². The number of pyridine rings is 1. The molecule has 0 aliphatic heterocycles. The third-order valence-corrected chi connectivity index (χ3v) is 3.77. The first-order valence-electron chi connectivity index (χ1n) is 6.09. The Morgan fingerprint density at radius 1 is 1.32 bits per heavy atom. The van der Waals surface area contributed by atoms with Crippen molar-refractivity contribution in [2.45, 2.75) is 13.0 Å². The number of aromatic nitrogens is 1. The molecule has 0 amide bonds. The van der Waals surface area contributed by atoms with Gasteiger partial charge in [-0.05, 0) is 37.7 Å². The molecular weight excluding hydrogens is 304 g/mol. The van der Waals surface area contributed by atoms with Crippen molar-refractivity contribution in [2.24, 2.45) is 0 Å². The number of nitrogens with zero attached hydrogens (tertiary/aromatic N) is 1. The van der Waals surface area contributed by atoms with E-state index in [1.54, 1.807) is 13.3 Å². The summed E-state index contributed by atoms with van der Waals surface area (Å²) in [5.41, 5.74) is 3.26. The topological polar surface area (TPSA) is 34.2 Å². The molecule has 1 N–H and O–H groups in total. The minimum Gasteiger partial charge on any atom is -0.495 e. The van der Waals surface area contributed by atoms with Gasteiger partial charge >= 0.3 is 0 Å². The minimum atomic E-state index is -0.00887. The fourth-order valence-corrected chi connectivity index (χ4v) is 2.59. The molecule has 0 fully saturated rings. The average Bonchev–Trinajstić information content (AvgIpc) is 2.44. The SMILES string of the molecule is CNC(c1cc(C)ccc1Br)c1ncccc1OC. The maximum atomic E-state index is 5.40. The van der Waals surface area contributed by atoms with Crippen LogP contribution in [0.2, 0.25) is 0 Å². The summed E-state index contributed by atoms with van der Waals surface area (Å²) in [5.74, 6) is 0.787. The van der Waals surface area contributed by atoms with E-state index in [4.69, 9.17) is 4.74 Å². The smallest absolute Gasteiger partial charge is 0.142 e. The van der Waals surface area contributed by atoms with Crippen LogP contribution in [0.4, 0.5) is 0 Å². The molecule has 1 unspecified atom stereocenters. The van der Waals surface area contributed by atoms with Gasteiger partial charge in [-0.15, -0.1) is 0 Å². The summed E-state index contributed by atoms with van der Waals surface area (Å²) in [4.78, 5) is 4.46. The van der Waals surface area contributed by atoms with Gasteiger partial charge in [0, 0.05) is 10.7 Å². The van der Waals surface area contributed by atoms with E-state index >= 15 is 0 Å². The van der Waals surface area contributed by atoms with E-state index in [2.05, 4.69) is 51.4 Å². The first-order valence-corrected chi connectivity index (χ1v) is 6.89. The lowest BCUT2D eigenvalue weighted by Crippen LogP contribution is -2.20. The van der Waals surface area contributed by atoms with E-state index in [1.165, 1.54) is 5.56 Å². The Labute approximate surface area is 122 Å². The lowest BCUT2D eigenvalue weighted by Gasteiger charge is -2.20. The molecule has 1 aromatic carbocycles. The number of methoxy groups -OCH3 is 1. The Morgan fingerprint density at radius 3 is 2.79 bits per heavy atom. The Morgan fingerprint density at radius 2 is 2.11 bits per heavy atom. The lowest BCUT2D eigenvalue weighted by molar-refractivity contribution is 0.401. The van der Waals surface area contributed by atoms with Gasteiger partial charge in [0.15, 0.2) is 0 Å². The summed E-state index contributed by atoms with van der Waals surface area (Å²) < 4.78 is 6.46. The molecule has 3 nitrogen and oxygen atoms in total. The van der Waals surface area contributed by atoms with Crippen LogP contribution in [-0.2, 0) is 0 Å².